The third-order valence-electron chi connectivity index (χ3n) is 5.86. The molecule has 5 nitrogen and oxygen atoms in total. The Bertz CT molecular complexity index is 1550. The van der Waals surface area contributed by atoms with Gasteiger partial charge in [-0.15, -0.1) is 0 Å². The molecular formula is C28H21NO4. The monoisotopic (exact) mass is 435 g/mol. The second kappa shape index (κ2) is 8.28. The number of carbonyl (C=O) groups is 1. The lowest BCUT2D eigenvalue weighted by atomic mass is 9.94. The largest absolute Gasteiger partial charge is 0.497 e. The van der Waals surface area contributed by atoms with Gasteiger partial charge in [0.25, 0.3) is 0 Å². The van der Waals surface area contributed by atoms with Gasteiger partial charge in [0.2, 0.25) is 5.43 Å². The van der Waals surface area contributed by atoms with E-state index >= 15 is 0 Å². The van der Waals surface area contributed by atoms with Gasteiger partial charge < -0.3 is 14.5 Å². The van der Waals surface area contributed by atoms with Gasteiger partial charge in [-0.05, 0) is 65.5 Å². The highest BCUT2D eigenvalue weighted by Crippen LogP contribution is 2.29. The Kier molecular flexibility index (Phi) is 5.15. The molecule has 0 saturated heterocycles. The van der Waals surface area contributed by atoms with Crippen molar-refractivity contribution in [1.82, 2.24) is 4.98 Å². The number of pyridine rings is 1. The molecule has 0 aliphatic carbocycles. The van der Waals surface area contributed by atoms with Crippen molar-refractivity contribution in [2.75, 3.05) is 14.2 Å². The molecule has 1 aromatic heterocycles. The molecule has 33 heavy (non-hydrogen) atoms. The molecule has 0 amide bonds. The van der Waals surface area contributed by atoms with E-state index in [1.54, 1.807) is 44.6 Å². The summed E-state index contributed by atoms with van der Waals surface area (Å²) in [4.78, 5) is 30.8. The number of rotatable bonds is 5. The number of methoxy groups -OCH3 is 2. The predicted octanol–water partition coefficient (Wildman–Crippen LogP) is 5.60. The maximum Gasteiger partial charge on any atom is 0.201 e. The Morgan fingerprint density at radius 1 is 0.727 bits per heavy atom. The van der Waals surface area contributed by atoms with Gasteiger partial charge in [0.15, 0.2) is 5.78 Å². The average Bonchev–Trinajstić information content (AvgIpc) is 2.88. The van der Waals surface area contributed by atoms with Gasteiger partial charge in [-0.2, -0.15) is 0 Å². The molecule has 0 aliphatic rings. The van der Waals surface area contributed by atoms with Gasteiger partial charge in [-0.3, -0.25) is 9.59 Å². The summed E-state index contributed by atoms with van der Waals surface area (Å²) in [5.41, 5.74) is 2.12. The van der Waals surface area contributed by atoms with Crippen LogP contribution < -0.4 is 14.9 Å². The average molecular weight is 435 g/mol. The lowest BCUT2D eigenvalue weighted by molar-refractivity contribution is 0.103. The highest BCUT2D eigenvalue weighted by molar-refractivity contribution is 6.15. The van der Waals surface area contributed by atoms with E-state index in [4.69, 9.17) is 9.47 Å². The standard InChI is InChI=1S/C28H21NO4/c1-32-20-12-7-18(8-13-20)25-24(27(30)19-9-14-21(33-2)15-10-19)28(31)23-16-11-17-5-3-4-6-22(17)26(23)29-25/h3-16H,1-2H3,(H,29,31). The molecule has 4 aromatic carbocycles. The van der Waals surface area contributed by atoms with Crippen LogP contribution in [0.5, 0.6) is 11.5 Å². The molecule has 1 N–H and O–H groups in total. The number of hydrogen-bond donors (Lipinski definition) is 1. The Balaban J connectivity index is 1.82. The zero-order valence-electron chi connectivity index (χ0n) is 18.2. The Labute approximate surface area is 190 Å². The third kappa shape index (κ3) is 3.53. The first-order valence-corrected chi connectivity index (χ1v) is 10.5. The van der Waals surface area contributed by atoms with Crippen LogP contribution in [0.3, 0.4) is 0 Å². The quantitative estimate of drug-likeness (QED) is 0.288. The summed E-state index contributed by atoms with van der Waals surface area (Å²) in [6, 6.07) is 25.6. The van der Waals surface area contributed by atoms with E-state index in [1.165, 1.54) is 0 Å². The Hall–Kier alpha value is -4.38. The molecule has 0 atom stereocenters. The van der Waals surface area contributed by atoms with Crippen molar-refractivity contribution in [3.05, 3.63) is 106 Å². The van der Waals surface area contributed by atoms with Crippen molar-refractivity contribution in [2.45, 2.75) is 0 Å². The summed E-state index contributed by atoms with van der Waals surface area (Å²) in [5, 5.41) is 2.41. The number of carbonyl (C=O) groups excluding carboxylic acids is 1. The van der Waals surface area contributed by atoms with Crippen molar-refractivity contribution in [2.24, 2.45) is 0 Å². The van der Waals surface area contributed by atoms with E-state index in [2.05, 4.69) is 4.98 Å². The maximum absolute atomic E-state index is 13.7. The zero-order valence-corrected chi connectivity index (χ0v) is 18.2. The summed E-state index contributed by atoms with van der Waals surface area (Å²) in [7, 11) is 3.16. The number of hydrogen-bond acceptors (Lipinski definition) is 4. The van der Waals surface area contributed by atoms with Crippen LogP contribution >= 0.6 is 0 Å². The topological polar surface area (TPSA) is 68.4 Å². The lowest BCUT2D eigenvalue weighted by Crippen LogP contribution is -2.19. The molecular weight excluding hydrogens is 414 g/mol. The number of fused-ring (bicyclic) bond motifs is 3. The van der Waals surface area contributed by atoms with E-state index in [-0.39, 0.29) is 16.8 Å². The molecule has 5 rings (SSSR count). The molecule has 1 heterocycles. The highest BCUT2D eigenvalue weighted by atomic mass is 16.5. The van der Waals surface area contributed by atoms with Crippen molar-refractivity contribution < 1.29 is 14.3 Å². The van der Waals surface area contributed by atoms with Gasteiger partial charge in [0, 0.05) is 16.3 Å². The maximum atomic E-state index is 13.7. The van der Waals surface area contributed by atoms with Crippen LogP contribution in [-0.4, -0.2) is 25.0 Å². The van der Waals surface area contributed by atoms with Gasteiger partial charge in [-0.25, -0.2) is 0 Å². The van der Waals surface area contributed by atoms with E-state index in [9.17, 15) is 9.59 Å². The SMILES string of the molecule is COc1ccc(C(=O)c2c(-c3ccc(OC)cc3)[nH]c3c(ccc4ccccc43)c2=O)cc1. The van der Waals surface area contributed by atoms with Crippen LogP contribution in [0.25, 0.3) is 32.9 Å². The third-order valence-corrected chi connectivity index (χ3v) is 5.86. The first-order valence-electron chi connectivity index (χ1n) is 10.5. The van der Waals surface area contributed by atoms with Crippen molar-refractivity contribution in [3.8, 4) is 22.8 Å². The van der Waals surface area contributed by atoms with E-state index < -0.39 is 0 Å². The molecule has 0 radical (unpaired) electrons. The number of ketones is 1. The summed E-state index contributed by atoms with van der Waals surface area (Å²) in [6.07, 6.45) is 0. The lowest BCUT2D eigenvalue weighted by Gasteiger charge is -2.13. The minimum absolute atomic E-state index is 0.105. The molecule has 5 heteroatoms. The second-order valence-corrected chi connectivity index (χ2v) is 7.70. The molecule has 162 valence electrons. The number of aromatic nitrogens is 1. The zero-order chi connectivity index (χ0) is 22.9. The summed E-state index contributed by atoms with van der Waals surface area (Å²) >= 11 is 0. The minimum Gasteiger partial charge on any atom is -0.497 e. The number of nitrogens with one attached hydrogen (secondary N) is 1. The van der Waals surface area contributed by atoms with Crippen LogP contribution in [0.4, 0.5) is 0 Å². The first-order chi connectivity index (χ1) is 16.1. The smallest absolute Gasteiger partial charge is 0.201 e. The fourth-order valence-electron chi connectivity index (χ4n) is 4.11. The molecule has 0 aliphatic heterocycles. The van der Waals surface area contributed by atoms with E-state index in [0.29, 0.717) is 33.7 Å². The molecule has 0 fully saturated rings. The van der Waals surface area contributed by atoms with Crippen molar-refractivity contribution in [3.63, 3.8) is 0 Å². The van der Waals surface area contributed by atoms with Gasteiger partial charge in [0.1, 0.15) is 11.5 Å². The fourth-order valence-corrected chi connectivity index (χ4v) is 4.11. The van der Waals surface area contributed by atoms with Gasteiger partial charge in [-0.1, -0.05) is 30.3 Å². The van der Waals surface area contributed by atoms with E-state index in [0.717, 1.165) is 16.3 Å². The summed E-state index contributed by atoms with van der Waals surface area (Å²) < 4.78 is 10.5. The molecule has 0 spiro atoms. The predicted molar refractivity (Wildman–Crippen MR) is 130 cm³/mol. The van der Waals surface area contributed by atoms with Crippen molar-refractivity contribution in [1.29, 1.82) is 0 Å². The number of ether oxygens (including phenoxy) is 2. The number of benzene rings is 4. The molecule has 0 bridgehead atoms. The molecule has 0 saturated carbocycles. The van der Waals surface area contributed by atoms with Gasteiger partial charge in [0.05, 0.1) is 31.0 Å². The Morgan fingerprint density at radius 2 is 1.36 bits per heavy atom. The number of aromatic amines is 1. The highest BCUT2D eigenvalue weighted by Gasteiger charge is 2.22. The summed E-state index contributed by atoms with van der Waals surface area (Å²) in [6.45, 7) is 0. The number of H-pyrrole nitrogens is 1. The second-order valence-electron chi connectivity index (χ2n) is 7.70. The summed E-state index contributed by atoms with van der Waals surface area (Å²) in [5.74, 6) is 0.982. The first kappa shape index (κ1) is 20.5. The Morgan fingerprint density at radius 3 is 2.03 bits per heavy atom. The molecule has 5 aromatic rings. The molecule has 0 unspecified atom stereocenters. The van der Waals surface area contributed by atoms with E-state index in [1.807, 2.05) is 54.6 Å². The van der Waals surface area contributed by atoms with Crippen molar-refractivity contribution >= 4 is 27.5 Å². The van der Waals surface area contributed by atoms with Gasteiger partial charge >= 0.3 is 0 Å². The van der Waals surface area contributed by atoms with Crippen LogP contribution in [0.15, 0.2) is 89.7 Å². The fraction of sp³-hybridized carbons (Fsp3) is 0.0714. The van der Waals surface area contributed by atoms with Crippen LogP contribution in [0, 0.1) is 0 Å². The normalized spacial score (nSPS) is 11.0. The van der Waals surface area contributed by atoms with Crippen LogP contribution in [0.2, 0.25) is 0 Å². The van der Waals surface area contributed by atoms with Crippen LogP contribution in [-0.2, 0) is 0 Å². The van der Waals surface area contributed by atoms with Crippen LogP contribution in [0.1, 0.15) is 15.9 Å². The minimum atomic E-state index is -0.347.